The van der Waals surface area contributed by atoms with E-state index in [1.54, 1.807) is 7.11 Å². The molecule has 0 fully saturated rings. The summed E-state index contributed by atoms with van der Waals surface area (Å²) in [5.74, 6) is 0. The normalized spacial score (nSPS) is 10.1. The molecule has 0 atom stereocenters. The smallest absolute Gasteiger partial charge is 0.171 e. The Morgan fingerprint density at radius 1 is 1.31 bits per heavy atom. The Morgan fingerprint density at radius 3 is 2.38 bits per heavy atom. The van der Waals surface area contributed by atoms with E-state index < -0.39 is 0 Å². The Labute approximate surface area is 79.6 Å². The molecule has 3 heteroatoms. The van der Waals surface area contributed by atoms with Gasteiger partial charge < -0.3 is 9.64 Å². The lowest BCUT2D eigenvalue weighted by molar-refractivity contribution is -0.698. The molecule has 0 aromatic carbocycles. The second-order valence-corrected chi connectivity index (χ2v) is 3.18. The van der Waals surface area contributed by atoms with Crippen LogP contribution >= 0.6 is 0 Å². The molecule has 3 nitrogen and oxygen atoms in total. The van der Waals surface area contributed by atoms with Crippen LogP contribution in [0.5, 0.6) is 0 Å². The second-order valence-electron chi connectivity index (χ2n) is 3.18. The first kappa shape index (κ1) is 9.99. The zero-order valence-corrected chi connectivity index (χ0v) is 8.53. The standard InChI is InChI=1S/C10H17N2O/c1-11(2)10-4-6-12(7-5-10)8-9-13-3/h4-7H,8-9H2,1-3H3/q+1. The van der Waals surface area contributed by atoms with Crippen molar-refractivity contribution in [2.75, 3.05) is 32.7 Å². The molecule has 0 bridgehead atoms. The number of anilines is 1. The maximum Gasteiger partial charge on any atom is 0.171 e. The molecule has 1 rings (SSSR count). The molecule has 0 saturated heterocycles. The van der Waals surface area contributed by atoms with E-state index in [1.165, 1.54) is 5.69 Å². The van der Waals surface area contributed by atoms with Crippen molar-refractivity contribution >= 4 is 5.69 Å². The summed E-state index contributed by atoms with van der Waals surface area (Å²) in [4.78, 5) is 2.08. The first-order valence-electron chi connectivity index (χ1n) is 4.39. The summed E-state index contributed by atoms with van der Waals surface area (Å²) < 4.78 is 7.10. The van der Waals surface area contributed by atoms with Crippen LogP contribution in [0.1, 0.15) is 0 Å². The third kappa shape index (κ3) is 3.03. The molecule has 0 radical (unpaired) electrons. The maximum absolute atomic E-state index is 4.99. The highest BCUT2D eigenvalue weighted by atomic mass is 16.5. The van der Waals surface area contributed by atoms with Gasteiger partial charge in [-0.1, -0.05) is 0 Å². The molecule has 0 aliphatic heterocycles. The number of rotatable bonds is 4. The van der Waals surface area contributed by atoms with Crippen LogP contribution in [0.4, 0.5) is 5.69 Å². The summed E-state index contributed by atoms with van der Waals surface area (Å²) in [6.45, 7) is 1.66. The van der Waals surface area contributed by atoms with Crippen molar-refractivity contribution in [3.05, 3.63) is 24.5 Å². The van der Waals surface area contributed by atoms with Crippen molar-refractivity contribution in [2.24, 2.45) is 0 Å². The summed E-state index contributed by atoms with van der Waals surface area (Å²) in [5, 5.41) is 0. The summed E-state index contributed by atoms with van der Waals surface area (Å²) in [5.41, 5.74) is 1.22. The third-order valence-electron chi connectivity index (χ3n) is 1.94. The van der Waals surface area contributed by atoms with Gasteiger partial charge in [0.2, 0.25) is 0 Å². The Hall–Kier alpha value is -1.09. The van der Waals surface area contributed by atoms with Crippen molar-refractivity contribution in [1.82, 2.24) is 0 Å². The van der Waals surface area contributed by atoms with E-state index in [9.17, 15) is 0 Å². The molecule has 72 valence electrons. The van der Waals surface area contributed by atoms with Crippen LogP contribution in [0.3, 0.4) is 0 Å². The molecule has 0 spiro atoms. The lowest BCUT2D eigenvalue weighted by Crippen LogP contribution is -2.35. The average molecular weight is 181 g/mol. The molecule has 0 aliphatic rings. The van der Waals surface area contributed by atoms with Crippen LogP contribution in [0.15, 0.2) is 24.5 Å². The predicted molar refractivity (Wildman–Crippen MR) is 52.8 cm³/mol. The quantitative estimate of drug-likeness (QED) is 0.635. The monoisotopic (exact) mass is 181 g/mol. The van der Waals surface area contributed by atoms with Gasteiger partial charge in [0.25, 0.3) is 0 Å². The van der Waals surface area contributed by atoms with Crippen molar-refractivity contribution in [1.29, 1.82) is 0 Å². The summed E-state index contributed by atoms with van der Waals surface area (Å²) in [7, 11) is 5.79. The fourth-order valence-electron chi connectivity index (χ4n) is 1.09. The molecule has 0 amide bonds. The molecule has 1 aromatic rings. The van der Waals surface area contributed by atoms with Crippen molar-refractivity contribution in [2.45, 2.75) is 6.54 Å². The molecule has 0 saturated carbocycles. The van der Waals surface area contributed by atoms with E-state index in [0.717, 1.165) is 13.2 Å². The first-order valence-corrected chi connectivity index (χ1v) is 4.39. The fraction of sp³-hybridized carbons (Fsp3) is 0.500. The van der Waals surface area contributed by atoms with Gasteiger partial charge in [-0.15, -0.1) is 0 Å². The Morgan fingerprint density at radius 2 is 1.92 bits per heavy atom. The highest BCUT2D eigenvalue weighted by molar-refractivity contribution is 5.41. The highest BCUT2D eigenvalue weighted by Gasteiger charge is 2.00. The lowest BCUT2D eigenvalue weighted by atomic mass is 10.4. The molecule has 1 aromatic heterocycles. The van der Waals surface area contributed by atoms with E-state index in [-0.39, 0.29) is 0 Å². The van der Waals surface area contributed by atoms with E-state index in [2.05, 4.69) is 34.0 Å². The minimum atomic E-state index is 0.756. The molecule has 0 N–H and O–H groups in total. The molecule has 0 aliphatic carbocycles. The number of hydrogen-bond donors (Lipinski definition) is 0. The number of ether oxygens (including phenoxy) is 1. The minimum Gasteiger partial charge on any atom is -0.378 e. The van der Waals surface area contributed by atoms with Gasteiger partial charge in [-0.05, 0) is 0 Å². The van der Waals surface area contributed by atoms with Gasteiger partial charge in [0.1, 0.15) is 6.61 Å². The number of pyridine rings is 1. The zero-order valence-electron chi connectivity index (χ0n) is 8.53. The zero-order chi connectivity index (χ0) is 9.68. The van der Waals surface area contributed by atoms with Gasteiger partial charge >= 0.3 is 0 Å². The van der Waals surface area contributed by atoms with Crippen LogP contribution in [0.2, 0.25) is 0 Å². The van der Waals surface area contributed by atoms with Gasteiger partial charge in [0, 0.05) is 39.0 Å². The third-order valence-corrected chi connectivity index (χ3v) is 1.94. The molecule has 0 unspecified atom stereocenters. The SMILES string of the molecule is COCC[n+]1ccc(N(C)C)cc1. The van der Waals surface area contributed by atoms with Crippen molar-refractivity contribution < 1.29 is 9.30 Å². The van der Waals surface area contributed by atoms with Crippen molar-refractivity contribution in [3.63, 3.8) is 0 Å². The fourth-order valence-corrected chi connectivity index (χ4v) is 1.09. The van der Waals surface area contributed by atoms with Crippen LogP contribution < -0.4 is 9.47 Å². The minimum absolute atomic E-state index is 0.756. The van der Waals surface area contributed by atoms with Crippen LogP contribution in [-0.4, -0.2) is 27.8 Å². The van der Waals surface area contributed by atoms with Crippen LogP contribution in [0, 0.1) is 0 Å². The molecular weight excluding hydrogens is 164 g/mol. The van der Waals surface area contributed by atoms with Crippen LogP contribution in [0.25, 0.3) is 0 Å². The van der Waals surface area contributed by atoms with Crippen molar-refractivity contribution in [3.8, 4) is 0 Å². The van der Waals surface area contributed by atoms with E-state index in [0.29, 0.717) is 0 Å². The summed E-state index contributed by atoms with van der Waals surface area (Å²) in [6, 6.07) is 4.19. The van der Waals surface area contributed by atoms with Gasteiger partial charge in [-0.25, -0.2) is 4.57 Å². The molecular formula is C10H17N2O+. The van der Waals surface area contributed by atoms with E-state index >= 15 is 0 Å². The van der Waals surface area contributed by atoms with Crippen LogP contribution in [-0.2, 0) is 11.3 Å². The first-order chi connectivity index (χ1) is 6.24. The Kier molecular flexibility index (Phi) is 3.71. The topological polar surface area (TPSA) is 16.4 Å². The van der Waals surface area contributed by atoms with Gasteiger partial charge in [0.05, 0.1) is 0 Å². The lowest BCUT2D eigenvalue weighted by Gasteiger charge is -2.10. The largest absolute Gasteiger partial charge is 0.378 e. The predicted octanol–water partition coefficient (Wildman–Crippen LogP) is 0.686. The highest BCUT2D eigenvalue weighted by Crippen LogP contribution is 2.05. The number of nitrogens with zero attached hydrogens (tertiary/aromatic N) is 2. The van der Waals surface area contributed by atoms with Gasteiger partial charge in [-0.3, -0.25) is 0 Å². The average Bonchev–Trinajstić information content (AvgIpc) is 2.15. The maximum atomic E-state index is 4.99. The van der Waals surface area contributed by atoms with E-state index in [4.69, 9.17) is 4.74 Å². The summed E-state index contributed by atoms with van der Waals surface area (Å²) in [6.07, 6.45) is 4.13. The number of aromatic nitrogens is 1. The van der Waals surface area contributed by atoms with Gasteiger partial charge in [-0.2, -0.15) is 0 Å². The Bertz CT molecular complexity index is 244. The molecule has 13 heavy (non-hydrogen) atoms. The number of methoxy groups -OCH3 is 1. The van der Waals surface area contributed by atoms with E-state index in [1.807, 2.05) is 14.1 Å². The molecule has 1 heterocycles. The van der Waals surface area contributed by atoms with Gasteiger partial charge in [0.15, 0.2) is 18.9 Å². The Balaban J connectivity index is 2.59. The summed E-state index contributed by atoms with van der Waals surface area (Å²) >= 11 is 0. The second kappa shape index (κ2) is 4.82. The number of hydrogen-bond acceptors (Lipinski definition) is 2.